The van der Waals surface area contributed by atoms with Gasteiger partial charge in [-0.2, -0.15) is 0 Å². The number of amides is 1. The number of carbonyl (C=O) groups is 1. The number of halogens is 1. The SMILES string of the molecule is CCN1CCN(C(=O)c2cc(OC)c(OC)cc2N(Cc2ccccc2F)S(C)(=O)=O)CC1. The average Bonchev–Trinajstić information content (AvgIpc) is 2.81. The van der Waals surface area contributed by atoms with Crippen molar-refractivity contribution in [2.75, 3.05) is 57.5 Å². The van der Waals surface area contributed by atoms with Crippen LogP contribution in [0.2, 0.25) is 0 Å². The molecule has 0 atom stereocenters. The van der Waals surface area contributed by atoms with Crippen LogP contribution in [0.1, 0.15) is 22.8 Å². The van der Waals surface area contributed by atoms with Gasteiger partial charge in [0.1, 0.15) is 5.82 Å². The number of methoxy groups -OCH3 is 2. The highest BCUT2D eigenvalue weighted by molar-refractivity contribution is 7.92. The van der Waals surface area contributed by atoms with Gasteiger partial charge >= 0.3 is 0 Å². The molecule has 0 aromatic heterocycles. The maximum Gasteiger partial charge on any atom is 0.256 e. The van der Waals surface area contributed by atoms with Gasteiger partial charge < -0.3 is 19.3 Å². The van der Waals surface area contributed by atoms with Crippen LogP contribution >= 0.6 is 0 Å². The zero-order chi connectivity index (χ0) is 24.2. The van der Waals surface area contributed by atoms with Gasteiger partial charge in [0.2, 0.25) is 10.0 Å². The largest absolute Gasteiger partial charge is 0.493 e. The average molecular weight is 480 g/mol. The fourth-order valence-corrected chi connectivity index (χ4v) is 4.73. The fraction of sp³-hybridized carbons (Fsp3) is 0.435. The van der Waals surface area contributed by atoms with Crippen LogP contribution in [-0.4, -0.2) is 77.3 Å². The summed E-state index contributed by atoms with van der Waals surface area (Å²) in [7, 11) is -1.02. The Morgan fingerprint density at radius 1 is 1.06 bits per heavy atom. The first kappa shape index (κ1) is 24.8. The van der Waals surface area contributed by atoms with Crippen molar-refractivity contribution in [3.05, 3.63) is 53.3 Å². The smallest absolute Gasteiger partial charge is 0.256 e. The van der Waals surface area contributed by atoms with Crippen LogP contribution in [0.25, 0.3) is 0 Å². The molecule has 33 heavy (non-hydrogen) atoms. The van der Waals surface area contributed by atoms with Crippen LogP contribution in [0.4, 0.5) is 10.1 Å². The van der Waals surface area contributed by atoms with Gasteiger partial charge in [0.15, 0.2) is 11.5 Å². The number of nitrogens with zero attached hydrogens (tertiary/aromatic N) is 3. The Labute approximate surface area is 194 Å². The van der Waals surface area contributed by atoms with Crippen molar-refractivity contribution in [2.24, 2.45) is 0 Å². The molecule has 2 aromatic carbocycles. The molecular formula is C23H30FN3O5S. The second kappa shape index (κ2) is 10.4. The van der Waals surface area contributed by atoms with Crippen molar-refractivity contribution >= 4 is 21.6 Å². The van der Waals surface area contributed by atoms with Gasteiger partial charge in [-0.15, -0.1) is 0 Å². The molecule has 1 heterocycles. The van der Waals surface area contributed by atoms with E-state index in [0.29, 0.717) is 18.8 Å². The lowest BCUT2D eigenvalue weighted by Crippen LogP contribution is -2.48. The van der Waals surface area contributed by atoms with E-state index < -0.39 is 15.8 Å². The summed E-state index contributed by atoms with van der Waals surface area (Å²) in [5, 5.41) is 0. The summed E-state index contributed by atoms with van der Waals surface area (Å²) in [6, 6.07) is 8.89. The Morgan fingerprint density at radius 2 is 1.67 bits per heavy atom. The number of carbonyl (C=O) groups excluding carboxylic acids is 1. The molecule has 1 aliphatic heterocycles. The van der Waals surface area contributed by atoms with E-state index in [1.54, 1.807) is 11.0 Å². The number of ether oxygens (including phenoxy) is 2. The summed E-state index contributed by atoms with van der Waals surface area (Å²) in [5.74, 6) is -0.280. The molecule has 1 amide bonds. The zero-order valence-electron chi connectivity index (χ0n) is 19.4. The summed E-state index contributed by atoms with van der Waals surface area (Å²) in [6.07, 6.45) is 1.03. The Kier molecular flexibility index (Phi) is 7.80. The molecule has 180 valence electrons. The Hall–Kier alpha value is -2.85. The summed E-state index contributed by atoms with van der Waals surface area (Å²) in [4.78, 5) is 17.5. The van der Waals surface area contributed by atoms with Gasteiger partial charge in [0, 0.05) is 37.8 Å². The molecule has 3 rings (SSSR count). The third kappa shape index (κ3) is 5.56. The van der Waals surface area contributed by atoms with Crippen LogP contribution in [0, 0.1) is 5.82 Å². The summed E-state index contributed by atoms with van der Waals surface area (Å²) in [6.45, 7) is 5.20. The molecule has 1 saturated heterocycles. The number of hydrogen-bond donors (Lipinski definition) is 0. The van der Waals surface area contributed by atoms with Gasteiger partial charge in [0.25, 0.3) is 5.91 Å². The topological polar surface area (TPSA) is 79.4 Å². The Morgan fingerprint density at radius 3 is 2.21 bits per heavy atom. The molecule has 8 nitrogen and oxygen atoms in total. The zero-order valence-corrected chi connectivity index (χ0v) is 20.2. The molecule has 0 unspecified atom stereocenters. The monoisotopic (exact) mass is 479 g/mol. The van der Waals surface area contributed by atoms with E-state index in [-0.39, 0.29) is 35.0 Å². The standard InChI is InChI=1S/C23H30FN3O5S/c1-5-25-10-12-26(13-11-25)23(28)18-14-21(31-2)22(32-3)15-20(18)27(33(4,29)30)16-17-8-6-7-9-19(17)24/h6-9,14-15H,5,10-13,16H2,1-4H3. The lowest BCUT2D eigenvalue weighted by Gasteiger charge is -2.35. The molecule has 0 N–H and O–H groups in total. The maximum absolute atomic E-state index is 14.4. The molecule has 1 fully saturated rings. The van der Waals surface area contributed by atoms with Gasteiger partial charge in [0.05, 0.1) is 38.3 Å². The van der Waals surface area contributed by atoms with Crippen LogP contribution in [-0.2, 0) is 16.6 Å². The molecule has 0 radical (unpaired) electrons. The molecule has 0 saturated carbocycles. The molecule has 0 aliphatic carbocycles. The minimum absolute atomic E-state index is 0.112. The lowest BCUT2D eigenvalue weighted by molar-refractivity contribution is 0.0643. The van der Waals surface area contributed by atoms with Crippen LogP contribution < -0.4 is 13.8 Å². The number of rotatable bonds is 8. The number of anilines is 1. The highest BCUT2D eigenvalue weighted by Crippen LogP contribution is 2.37. The van der Waals surface area contributed by atoms with Crippen molar-refractivity contribution in [1.82, 2.24) is 9.80 Å². The quantitative estimate of drug-likeness (QED) is 0.579. The Bertz CT molecular complexity index is 1100. The van der Waals surface area contributed by atoms with Crippen molar-refractivity contribution < 1.29 is 27.1 Å². The third-order valence-corrected chi connectivity index (χ3v) is 6.91. The van der Waals surface area contributed by atoms with E-state index in [1.165, 1.54) is 44.6 Å². The highest BCUT2D eigenvalue weighted by atomic mass is 32.2. The predicted octanol–water partition coefficient (Wildman–Crippen LogP) is 2.59. The molecular weight excluding hydrogens is 449 g/mol. The number of sulfonamides is 1. The van der Waals surface area contributed by atoms with E-state index >= 15 is 0 Å². The normalized spacial score (nSPS) is 14.8. The first-order chi connectivity index (χ1) is 15.7. The maximum atomic E-state index is 14.4. The highest BCUT2D eigenvalue weighted by Gasteiger charge is 2.30. The predicted molar refractivity (Wildman–Crippen MR) is 125 cm³/mol. The Balaban J connectivity index is 2.11. The molecule has 2 aromatic rings. The second-order valence-electron chi connectivity index (χ2n) is 7.81. The molecule has 1 aliphatic rings. The van der Waals surface area contributed by atoms with E-state index in [1.807, 2.05) is 0 Å². The van der Waals surface area contributed by atoms with Crippen LogP contribution in [0.3, 0.4) is 0 Å². The van der Waals surface area contributed by atoms with E-state index in [2.05, 4.69) is 11.8 Å². The van der Waals surface area contributed by atoms with Crippen molar-refractivity contribution in [3.63, 3.8) is 0 Å². The van der Waals surface area contributed by atoms with Crippen molar-refractivity contribution in [2.45, 2.75) is 13.5 Å². The minimum atomic E-state index is -3.89. The fourth-order valence-electron chi connectivity index (χ4n) is 3.85. The van der Waals surface area contributed by atoms with Gasteiger partial charge in [-0.3, -0.25) is 9.10 Å². The van der Waals surface area contributed by atoms with E-state index in [9.17, 15) is 17.6 Å². The van der Waals surface area contributed by atoms with E-state index in [0.717, 1.165) is 30.2 Å². The number of benzene rings is 2. The van der Waals surface area contributed by atoms with Crippen molar-refractivity contribution in [3.8, 4) is 11.5 Å². The molecule has 0 spiro atoms. The first-order valence-electron chi connectivity index (χ1n) is 10.7. The third-order valence-electron chi connectivity index (χ3n) is 5.78. The number of piperazine rings is 1. The number of likely N-dealkylation sites (N-methyl/N-ethyl adjacent to an activating group) is 1. The summed E-state index contributed by atoms with van der Waals surface area (Å²) in [5.41, 5.74) is 0.452. The lowest BCUT2D eigenvalue weighted by atomic mass is 10.1. The van der Waals surface area contributed by atoms with Gasteiger partial charge in [-0.1, -0.05) is 25.1 Å². The van der Waals surface area contributed by atoms with Gasteiger partial charge in [-0.05, 0) is 18.7 Å². The van der Waals surface area contributed by atoms with Crippen LogP contribution in [0.15, 0.2) is 36.4 Å². The first-order valence-corrected chi connectivity index (χ1v) is 12.5. The van der Waals surface area contributed by atoms with E-state index in [4.69, 9.17) is 9.47 Å². The van der Waals surface area contributed by atoms with Gasteiger partial charge in [-0.25, -0.2) is 12.8 Å². The second-order valence-corrected chi connectivity index (χ2v) is 9.72. The minimum Gasteiger partial charge on any atom is -0.493 e. The van der Waals surface area contributed by atoms with Crippen LogP contribution in [0.5, 0.6) is 11.5 Å². The molecule has 10 heteroatoms. The molecule has 0 bridgehead atoms. The summed E-state index contributed by atoms with van der Waals surface area (Å²) >= 11 is 0. The van der Waals surface area contributed by atoms with Crippen molar-refractivity contribution in [1.29, 1.82) is 0 Å². The number of hydrogen-bond acceptors (Lipinski definition) is 6. The summed E-state index contributed by atoms with van der Waals surface area (Å²) < 4.78 is 51.8.